The Labute approximate surface area is 90.5 Å². The largest absolute Gasteiger partial charge is 0.481 e. The Morgan fingerprint density at radius 2 is 2.14 bits per heavy atom. The topological polar surface area (TPSA) is 57.5 Å². The zero-order valence-electron chi connectivity index (χ0n) is 7.70. The fraction of sp³-hybridized carbons (Fsp3) is 0.300. The summed E-state index contributed by atoms with van der Waals surface area (Å²) < 4.78 is 0.844. The van der Waals surface area contributed by atoms with Crippen molar-refractivity contribution >= 4 is 21.9 Å². The third-order valence-corrected chi connectivity index (χ3v) is 2.28. The Bertz CT molecular complexity index is 329. The molecule has 0 radical (unpaired) electrons. The van der Waals surface area contributed by atoms with Crippen molar-refractivity contribution in [3.8, 4) is 0 Å². The van der Waals surface area contributed by atoms with E-state index in [1.54, 1.807) is 12.1 Å². The highest BCUT2D eigenvalue weighted by molar-refractivity contribution is 9.10. The Balaban J connectivity index is 2.89. The van der Waals surface area contributed by atoms with Gasteiger partial charge in [0.05, 0.1) is 12.5 Å². The molecule has 2 N–H and O–H groups in total. The first-order valence-corrected chi connectivity index (χ1v) is 4.95. The number of hydrogen-bond acceptors (Lipinski definition) is 2. The molecule has 0 spiro atoms. The van der Waals surface area contributed by atoms with E-state index in [0.717, 1.165) is 10.0 Å². The van der Waals surface area contributed by atoms with Gasteiger partial charge in [-0.2, -0.15) is 0 Å². The van der Waals surface area contributed by atoms with Gasteiger partial charge < -0.3 is 10.2 Å². The van der Waals surface area contributed by atoms with Gasteiger partial charge in [-0.05, 0) is 30.2 Å². The smallest absolute Gasteiger partial charge is 0.306 e. The van der Waals surface area contributed by atoms with Crippen LogP contribution in [0.3, 0.4) is 0 Å². The maximum absolute atomic E-state index is 10.4. The van der Waals surface area contributed by atoms with Gasteiger partial charge in [0.15, 0.2) is 0 Å². The lowest BCUT2D eigenvalue weighted by molar-refractivity contribution is -0.139. The van der Waals surface area contributed by atoms with E-state index in [9.17, 15) is 9.90 Å². The summed E-state index contributed by atoms with van der Waals surface area (Å²) >= 11 is 3.29. The van der Waals surface area contributed by atoms with Crippen molar-refractivity contribution in [3.63, 3.8) is 0 Å². The SMILES string of the molecule is Cc1cc(Br)cc([C@@H](O)CC(=O)O)c1. The maximum atomic E-state index is 10.4. The molecule has 76 valence electrons. The van der Waals surface area contributed by atoms with Crippen LogP contribution >= 0.6 is 15.9 Å². The standard InChI is InChI=1S/C10H11BrO3/c1-6-2-7(4-8(11)3-6)9(12)5-10(13)14/h2-4,9,12H,5H2,1H3,(H,13,14)/t9-/m0/s1. The highest BCUT2D eigenvalue weighted by Gasteiger charge is 2.12. The van der Waals surface area contributed by atoms with Crippen molar-refractivity contribution in [3.05, 3.63) is 33.8 Å². The van der Waals surface area contributed by atoms with E-state index < -0.39 is 12.1 Å². The number of hydrogen-bond donors (Lipinski definition) is 2. The molecule has 0 aliphatic rings. The quantitative estimate of drug-likeness (QED) is 0.875. The lowest BCUT2D eigenvalue weighted by Gasteiger charge is -2.09. The molecule has 1 aromatic rings. The molecular formula is C10H11BrO3. The van der Waals surface area contributed by atoms with E-state index in [4.69, 9.17) is 5.11 Å². The summed E-state index contributed by atoms with van der Waals surface area (Å²) in [7, 11) is 0. The number of aryl methyl sites for hydroxylation is 1. The van der Waals surface area contributed by atoms with Crippen LogP contribution < -0.4 is 0 Å². The van der Waals surface area contributed by atoms with E-state index in [1.165, 1.54) is 0 Å². The summed E-state index contributed by atoms with van der Waals surface area (Å²) in [6.45, 7) is 1.89. The maximum Gasteiger partial charge on any atom is 0.306 e. The van der Waals surface area contributed by atoms with Crippen LogP contribution in [0.25, 0.3) is 0 Å². The number of halogens is 1. The zero-order valence-corrected chi connectivity index (χ0v) is 9.28. The highest BCUT2D eigenvalue weighted by Crippen LogP contribution is 2.22. The minimum absolute atomic E-state index is 0.268. The minimum atomic E-state index is -1.00. The average molecular weight is 259 g/mol. The van der Waals surface area contributed by atoms with Crippen LogP contribution in [0.4, 0.5) is 0 Å². The average Bonchev–Trinajstić information content (AvgIpc) is 2.00. The normalized spacial score (nSPS) is 12.5. The molecule has 1 rings (SSSR count). The van der Waals surface area contributed by atoms with Crippen LogP contribution in [0.5, 0.6) is 0 Å². The van der Waals surface area contributed by atoms with Crippen LogP contribution in [-0.2, 0) is 4.79 Å². The molecule has 0 fully saturated rings. The van der Waals surface area contributed by atoms with E-state index in [1.807, 2.05) is 13.0 Å². The number of aliphatic hydroxyl groups excluding tert-OH is 1. The molecule has 4 heteroatoms. The molecule has 0 amide bonds. The summed E-state index contributed by atoms with van der Waals surface area (Å²) in [4.78, 5) is 10.4. The van der Waals surface area contributed by atoms with Crippen LogP contribution in [0.2, 0.25) is 0 Å². The number of aliphatic carboxylic acids is 1. The van der Waals surface area contributed by atoms with Crippen LogP contribution in [0.15, 0.2) is 22.7 Å². The van der Waals surface area contributed by atoms with Gasteiger partial charge in [-0.25, -0.2) is 0 Å². The van der Waals surface area contributed by atoms with Crippen molar-refractivity contribution < 1.29 is 15.0 Å². The van der Waals surface area contributed by atoms with Crippen molar-refractivity contribution in [2.75, 3.05) is 0 Å². The molecule has 0 aliphatic heterocycles. The third-order valence-electron chi connectivity index (χ3n) is 1.82. The van der Waals surface area contributed by atoms with Gasteiger partial charge in [-0.3, -0.25) is 4.79 Å². The molecule has 14 heavy (non-hydrogen) atoms. The summed E-state index contributed by atoms with van der Waals surface area (Å²) in [5.41, 5.74) is 1.61. The van der Waals surface area contributed by atoms with Crippen LogP contribution in [0.1, 0.15) is 23.7 Å². The molecule has 0 aromatic heterocycles. The van der Waals surface area contributed by atoms with E-state index in [-0.39, 0.29) is 6.42 Å². The van der Waals surface area contributed by atoms with Crippen LogP contribution in [-0.4, -0.2) is 16.2 Å². The first-order valence-electron chi connectivity index (χ1n) is 4.16. The summed E-state index contributed by atoms with van der Waals surface area (Å²) in [5.74, 6) is -1.00. The number of carboxylic acid groups (broad SMARTS) is 1. The summed E-state index contributed by atoms with van der Waals surface area (Å²) in [6, 6.07) is 5.40. The monoisotopic (exact) mass is 258 g/mol. The lowest BCUT2D eigenvalue weighted by atomic mass is 10.0. The molecule has 0 bridgehead atoms. The first kappa shape index (κ1) is 11.2. The van der Waals surface area contributed by atoms with Gasteiger partial charge in [0.25, 0.3) is 0 Å². The number of aliphatic hydroxyl groups is 1. The first-order chi connectivity index (χ1) is 6.49. The van der Waals surface area contributed by atoms with Gasteiger partial charge in [0.1, 0.15) is 0 Å². The number of carbonyl (C=O) groups is 1. The summed E-state index contributed by atoms with van der Waals surface area (Å²) in [6.07, 6.45) is -1.21. The van der Waals surface area contributed by atoms with Crippen molar-refractivity contribution in [1.82, 2.24) is 0 Å². The Morgan fingerprint density at radius 1 is 1.50 bits per heavy atom. The fourth-order valence-electron chi connectivity index (χ4n) is 1.24. The van der Waals surface area contributed by atoms with Gasteiger partial charge in [-0.1, -0.05) is 22.0 Å². The predicted molar refractivity (Wildman–Crippen MR) is 56.1 cm³/mol. The lowest BCUT2D eigenvalue weighted by Crippen LogP contribution is -2.05. The predicted octanol–water partition coefficient (Wildman–Crippen LogP) is 2.27. The number of benzene rings is 1. The third kappa shape index (κ3) is 3.12. The molecule has 1 aromatic carbocycles. The van der Waals surface area contributed by atoms with Crippen LogP contribution in [0, 0.1) is 6.92 Å². The van der Waals surface area contributed by atoms with Gasteiger partial charge >= 0.3 is 5.97 Å². The Hall–Kier alpha value is -0.870. The minimum Gasteiger partial charge on any atom is -0.481 e. The second-order valence-electron chi connectivity index (χ2n) is 3.18. The highest BCUT2D eigenvalue weighted by atomic mass is 79.9. The summed E-state index contributed by atoms with van der Waals surface area (Å²) in [5, 5.41) is 18.1. The fourth-order valence-corrected chi connectivity index (χ4v) is 1.87. The van der Waals surface area contributed by atoms with Crippen molar-refractivity contribution in [2.45, 2.75) is 19.4 Å². The van der Waals surface area contributed by atoms with Gasteiger partial charge in [-0.15, -0.1) is 0 Å². The van der Waals surface area contributed by atoms with Crippen molar-refractivity contribution in [1.29, 1.82) is 0 Å². The van der Waals surface area contributed by atoms with Gasteiger partial charge in [0.2, 0.25) is 0 Å². The van der Waals surface area contributed by atoms with Gasteiger partial charge in [0, 0.05) is 4.47 Å². The van der Waals surface area contributed by atoms with E-state index in [2.05, 4.69) is 15.9 Å². The van der Waals surface area contributed by atoms with E-state index in [0.29, 0.717) is 5.56 Å². The molecule has 0 heterocycles. The molecule has 1 atom stereocenters. The Morgan fingerprint density at radius 3 is 2.64 bits per heavy atom. The van der Waals surface area contributed by atoms with E-state index >= 15 is 0 Å². The Kier molecular flexibility index (Phi) is 3.66. The second kappa shape index (κ2) is 4.57. The molecule has 0 saturated carbocycles. The molecular weight excluding hydrogens is 248 g/mol. The number of rotatable bonds is 3. The zero-order chi connectivity index (χ0) is 10.7. The van der Waals surface area contributed by atoms with Crippen molar-refractivity contribution in [2.24, 2.45) is 0 Å². The second-order valence-corrected chi connectivity index (χ2v) is 4.09. The molecule has 0 aliphatic carbocycles. The molecule has 3 nitrogen and oxygen atoms in total. The number of carboxylic acids is 1. The molecule has 0 unspecified atom stereocenters. The molecule has 0 saturated heterocycles.